The minimum absolute atomic E-state index is 0.284. The molecule has 100 valence electrons. The molecule has 1 heterocycles. The van der Waals surface area contributed by atoms with Crippen molar-refractivity contribution in [2.75, 3.05) is 0 Å². The van der Waals surface area contributed by atoms with Crippen molar-refractivity contribution in [1.29, 1.82) is 0 Å². The Hall–Kier alpha value is -1.42. The van der Waals surface area contributed by atoms with Crippen LogP contribution in [0.5, 0.6) is 0 Å². The standard InChI is InChI=1S/C16H12BrClN2/c17-10-6-7-14(18)13(9-10)16(19)12-3-1-5-15-11(12)4-2-8-20-15/h1-9,16H,19H2. The fourth-order valence-electron chi connectivity index (χ4n) is 2.32. The largest absolute Gasteiger partial charge is 0.320 e. The number of aromatic nitrogens is 1. The number of nitrogens with zero attached hydrogens (tertiary/aromatic N) is 1. The predicted octanol–water partition coefficient (Wildman–Crippen LogP) is 4.70. The van der Waals surface area contributed by atoms with Gasteiger partial charge in [-0.15, -0.1) is 0 Å². The third-order valence-corrected chi connectivity index (χ3v) is 4.15. The maximum atomic E-state index is 6.42. The van der Waals surface area contributed by atoms with Gasteiger partial charge in [0.05, 0.1) is 11.6 Å². The zero-order chi connectivity index (χ0) is 14.1. The van der Waals surface area contributed by atoms with E-state index in [1.165, 1.54) is 0 Å². The molecule has 2 aromatic carbocycles. The predicted molar refractivity (Wildman–Crippen MR) is 86.9 cm³/mol. The van der Waals surface area contributed by atoms with Crippen LogP contribution in [0.1, 0.15) is 17.2 Å². The third-order valence-electron chi connectivity index (χ3n) is 3.31. The van der Waals surface area contributed by atoms with Crippen molar-refractivity contribution in [3.05, 3.63) is 75.4 Å². The summed E-state index contributed by atoms with van der Waals surface area (Å²) in [6, 6.07) is 15.4. The van der Waals surface area contributed by atoms with E-state index in [1.54, 1.807) is 6.20 Å². The van der Waals surface area contributed by atoms with Gasteiger partial charge in [0.25, 0.3) is 0 Å². The fourth-order valence-corrected chi connectivity index (χ4v) is 2.93. The van der Waals surface area contributed by atoms with Crippen LogP contribution in [0.3, 0.4) is 0 Å². The molecule has 0 amide bonds. The van der Waals surface area contributed by atoms with Gasteiger partial charge < -0.3 is 5.73 Å². The molecule has 0 aliphatic rings. The molecule has 1 atom stereocenters. The molecular weight excluding hydrogens is 336 g/mol. The highest BCUT2D eigenvalue weighted by atomic mass is 79.9. The third kappa shape index (κ3) is 2.44. The summed E-state index contributed by atoms with van der Waals surface area (Å²) in [6.45, 7) is 0. The minimum Gasteiger partial charge on any atom is -0.320 e. The van der Waals surface area contributed by atoms with Crippen LogP contribution in [-0.4, -0.2) is 4.98 Å². The van der Waals surface area contributed by atoms with E-state index in [9.17, 15) is 0 Å². The lowest BCUT2D eigenvalue weighted by molar-refractivity contribution is 0.879. The highest BCUT2D eigenvalue weighted by Crippen LogP contribution is 2.32. The number of hydrogen-bond donors (Lipinski definition) is 1. The Labute approximate surface area is 130 Å². The highest BCUT2D eigenvalue weighted by Gasteiger charge is 2.15. The molecule has 3 aromatic rings. The van der Waals surface area contributed by atoms with Crippen molar-refractivity contribution in [1.82, 2.24) is 4.98 Å². The van der Waals surface area contributed by atoms with E-state index in [0.29, 0.717) is 5.02 Å². The van der Waals surface area contributed by atoms with Gasteiger partial charge in [-0.25, -0.2) is 0 Å². The van der Waals surface area contributed by atoms with Crippen molar-refractivity contribution >= 4 is 38.4 Å². The van der Waals surface area contributed by atoms with Gasteiger partial charge in [0.15, 0.2) is 0 Å². The Balaban J connectivity index is 2.17. The van der Waals surface area contributed by atoms with Crippen molar-refractivity contribution in [2.24, 2.45) is 5.73 Å². The van der Waals surface area contributed by atoms with Gasteiger partial charge in [0, 0.05) is 21.1 Å². The average Bonchev–Trinajstić information content (AvgIpc) is 2.48. The van der Waals surface area contributed by atoms with Crippen LogP contribution >= 0.6 is 27.5 Å². The van der Waals surface area contributed by atoms with Gasteiger partial charge in [0.1, 0.15) is 0 Å². The van der Waals surface area contributed by atoms with Gasteiger partial charge in [-0.05, 0) is 41.5 Å². The average molecular weight is 348 g/mol. The Bertz CT molecular complexity index is 768. The molecular formula is C16H12BrClN2. The smallest absolute Gasteiger partial charge is 0.0705 e. The van der Waals surface area contributed by atoms with E-state index < -0.39 is 0 Å². The quantitative estimate of drug-likeness (QED) is 0.730. The molecule has 4 heteroatoms. The highest BCUT2D eigenvalue weighted by molar-refractivity contribution is 9.10. The first kappa shape index (κ1) is 13.6. The summed E-state index contributed by atoms with van der Waals surface area (Å²) in [4.78, 5) is 4.36. The molecule has 2 nitrogen and oxygen atoms in total. The summed E-state index contributed by atoms with van der Waals surface area (Å²) >= 11 is 9.74. The van der Waals surface area contributed by atoms with Gasteiger partial charge in [0.2, 0.25) is 0 Å². The Morgan fingerprint density at radius 2 is 1.90 bits per heavy atom. The zero-order valence-electron chi connectivity index (χ0n) is 10.6. The molecule has 0 aliphatic heterocycles. The lowest BCUT2D eigenvalue weighted by Crippen LogP contribution is -2.13. The molecule has 0 bridgehead atoms. The van der Waals surface area contributed by atoms with Crippen LogP contribution in [0.4, 0.5) is 0 Å². The van der Waals surface area contributed by atoms with Crippen molar-refractivity contribution in [3.8, 4) is 0 Å². The number of rotatable bonds is 2. The summed E-state index contributed by atoms with van der Waals surface area (Å²) in [6.07, 6.45) is 1.78. The van der Waals surface area contributed by atoms with Crippen LogP contribution in [0.15, 0.2) is 59.2 Å². The van der Waals surface area contributed by atoms with E-state index in [4.69, 9.17) is 17.3 Å². The van der Waals surface area contributed by atoms with Gasteiger partial charge in [-0.1, -0.05) is 45.7 Å². The molecule has 3 rings (SSSR count). The molecule has 0 aliphatic carbocycles. The van der Waals surface area contributed by atoms with E-state index in [-0.39, 0.29) is 6.04 Å². The van der Waals surface area contributed by atoms with Crippen LogP contribution in [-0.2, 0) is 0 Å². The van der Waals surface area contributed by atoms with Crippen LogP contribution in [0, 0.1) is 0 Å². The maximum Gasteiger partial charge on any atom is 0.0705 e. The Morgan fingerprint density at radius 1 is 1.05 bits per heavy atom. The number of nitrogens with two attached hydrogens (primary N) is 1. The minimum atomic E-state index is -0.284. The fraction of sp³-hybridized carbons (Fsp3) is 0.0625. The van der Waals surface area contributed by atoms with Crippen molar-refractivity contribution in [3.63, 3.8) is 0 Å². The van der Waals surface area contributed by atoms with Gasteiger partial charge in [-0.2, -0.15) is 0 Å². The summed E-state index contributed by atoms with van der Waals surface area (Å²) in [5.74, 6) is 0. The second-order valence-corrected chi connectivity index (χ2v) is 5.88. The zero-order valence-corrected chi connectivity index (χ0v) is 12.9. The van der Waals surface area contributed by atoms with Crippen molar-refractivity contribution < 1.29 is 0 Å². The topological polar surface area (TPSA) is 38.9 Å². The van der Waals surface area contributed by atoms with Crippen molar-refractivity contribution in [2.45, 2.75) is 6.04 Å². The second kappa shape index (κ2) is 5.52. The first-order valence-corrected chi connectivity index (χ1v) is 7.38. The van der Waals surface area contributed by atoms with Crippen LogP contribution in [0.25, 0.3) is 10.9 Å². The Morgan fingerprint density at radius 3 is 2.75 bits per heavy atom. The van der Waals surface area contributed by atoms with Crippen LogP contribution < -0.4 is 5.73 Å². The molecule has 1 unspecified atom stereocenters. The number of pyridine rings is 1. The van der Waals surface area contributed by atoms with E-state index in [1.807, 2.05) is 48.5 Å². The van der Waals surface area contributed by atoms with E-state index >= 15 is 0 Å². The summed E-state index contributed by atoms with van der Waals surface area (Å²) in [7, 11) is 0. The monoisotopic (exact) mass is 346 g/mol. The number of benzene rings is 2. The molecule has 0 radical (unpaired) electrons. The molecule has 20 heavy (non-hydrogen) atoms. The second-order valence-electron chi connectivity index (χ2n) is 4.56. The SMILES string of the molecule is NC(c1cc(Br)ccc1Cl)c1cccc2ncccc12. The van der Waals surface area contributed by atoms with E-state index in [2.05, 4.69) is 20.9 Å². The number of hydrogen-bond acceptors (Lipinski definition) is 2. The molecule has 0 saturated carbocycles. The lowest BCUT2D eigenvalue weighted by Gasteiger charge is -2.16. The molecule has 0 saturated heterocycles. The summed E-state index contributed by atoms with van der Waals surface area (Å²) in [5, 5.41) is 1.72. The van der Waals surface area contributed by atoms with Gasteiger partial charge in [-0.3, -0.25) is 4.98 Å². The summed E-state index contributed by atoms with van der Waals surface area (Å²) < 4.78 is 0.964. The van der Waals surface area contributed by atoms with Gasteiger partial charge >= 0.3 is 0 Å². The molecule has 1 aromatic heterocycles. The molecule has 0 fully saturated rings. The normalized spacial score (nSPS) is 12.6. The number of fused-ring (bicyclic) bond motifs is 1. The first-order chi connectivity index (χ1) is 9.66. The summed E-state index contributed by atoms with van der Waals surface area (Å²) in [5.41, 5.74) is 9.28. The Kier molecular flexibility index (Phi) is 3.74. The lowest BCUT2D eigenvalue weighted by atomic mass is 9.96. The van der Waals surface area contributed by atoms with Crippen LogP contribution in [0.2, 0.25) is 5.02 Å². The molecule has 2 N–H and O–H groups in total. The molecule has 0 spiro atoms. The van der Waals surface area contributed by atoms with E-state index in [0.717, 1.165) is 26.5 Å². The maximum absolute atomic E-state index is 6.42. The number of halogens is 2. The first-order valence-electron chi connectivity index (χ1n) is 6.21.